The zero-order chi connectivity index (χ0) is 12.3. The second-order valence-corrected chi connectivity index (χ2v) is 5.06. The number of hydrogen-bond acceptors (Lipinski definition) is 3. The Morgan fingerprint density at radius 3 is 2.44 bits per heavy atom. The van der Waals surface area contributed by atoms with Gasteiger partial charge in [-0.05, 0) is 34.2 Å². The van der Waals surface area contributed by atoms with Gasteiger partial charge in [0, 0.05) is 12.5 Å². The summed E-state index contributed by atoms with van der Waals surface area (Å²) < 4.78 is 11.8. The zero-order valence-corrected chi connectivity index (χ0v) is 11.6. The monoisotopic (exact) mass is 229 g/mol. The molecule has 0 N–H and O–H groups in total. The summed E-state index contributed by atoms with van der Waals surface area (Å²) in [6.07, 6.45) is 2.75. The van der Waals surface area contributed by atoms with Gasteiger partial charge in [-0.15, -0.1) is 0 Å². The summed E-state index contributed by atoms with van der Waals surface area (Å²) in [7, 11) is 2.14. The van der Waals surface area contributed by atoms with Crippen molar-refractivity contribution in [3.05, 3.63) is 0 Å². The fourth-order valence-electron chi connectivity index (χ4n) is 2.91. The fraction of sp³-hybridized carbons (Fsp3) is 1.00. The molecule has 2 aliphatic rings. The molecule has 16 heavy (non-hydrogen) atoms. The van der Waals surface area contributed by atoms with Crippen LogP contribution in [-0.4, -0.2) is 42.5 Å². The van der Waals surface area contributed by atoms with Crippen molar-refractivity contribution in [2.75, 3.05) is 13.8 Å². The first-order chi connectivity index (χ1) is 7.51. The predicted octanol–water partition coefficient (Wildman–Crippen LogP) is 2.65. The molecule has 0 spiro atoms. The van der Waals surface area contributed by atoms with E-state index in [1.807, 2.05) is 13.8 Å². The summed E-state index contributed by atoms with van der Waals surface area (Å²) in [6, 6.07) is 0.516. The van der Waals surface area contributed by atoms with Crippen molar-refractivity contribution in [2.45, 2.75) is 71.3 Å². The second kappa shape index (κ2) is 5.48. The van der Waals surface area contributed by atoms with Crippen LogP contribution >= 0.6 is 0 Å². The molecule has 2 aliphatic heterocycles. The van der Waals surface area contributed by atoms with E-state index in [4.69, 9.17) is 9.47 Å². The largest absolute Gasteiger partial charge is 0.375 e. The lowest BCUT2D eigenvalue weighted by atomic mass is 9.88. The molecule has 2 saturated heterocycles. The Morgan fingerprint density at radius 2 is 1.81 bits per heavy atom. The molecule has 0 aromatic heterocycles. The lowest BCUT2D eigenvalue weighted by Crippen LogP contribution is -2.42. The van der Waals surface area contributed by atoms with Crippen LogP contribution in [0.15, 0.2) is 0 Å². The van der Waals surface area contributed by atoms with Crippen molar-refractivity contribution >= 4 is 0 Å². The van der Waals surface area contributed by atoms with E-state index in [2.05, 4.69) is 32.7 Å². The Labute approximate surface area is 100 Å². The van der Waals surface area contributed by atoms with Crippen LogP contribution in [0.4, 0.5) is 0 Å². The third kappa shape index (κ3) is 2.76. The molecule has 4 atom stereocenters. The normalized spacial score (nSPS) is 44.2. The third-order valence-electron chi connectivity index (χ3n) is 3.55. The van der Waals surface area contributed by atoms with Crippen molar-refractivity contribution < 1.29 is 9.47 Å². The maximum Gasteiger partial charge on any atom is 0.0999 e. The number of hydrogen-bond donors (Lipinski definition) is 0. The lowest BCUT2D eigenvalue weighted by Gasteiger charge is -2.30. The van der Waals surface area contributed by atoms with Crippen LogP contribution in [0.5, 0.6) is 0 Å². The molecule has 0 saturated carbocycles. The molecule has 0 aromatic carbocycles. The molecule has 0 amide bonds. The Kier molecular flexibility index (Phi) is 4.77. The molecule has 4 unspecified atom stereocenters. The Hall–Kier alpha value is -0.120. The highest BCUT2D eigenvalue weighted by molar-refractivity contribution is 4.98. The minimum atomic E-state index is -0.00106. The van der Waals surface area contributed by atoms with E-state index >= 15 is 0 Å². The molecular formula is C13H27NO2. The van der Waals surface area contributed by atoms with Crippen LogP contribution in [0.25, 0.3) is 0 Å². The van der Waals surface area contributed by atoms with E-state index in [1.165, 1.54) is 0 Å². The second-order valence-electron chi connectivity index (χ2n) is 5.06. The molecule has 2 fully saturated rings. The minimum absolute atomic E-state index is 0.00106. The number of nitrogens with zero attached hydrogens (tertiary/aromatic N) is 1. The Morgan fingerprint density at radius 1 is 1.19 bits per heavy atom. The van der Waals surface area contributed by atoms with Gasteiger partial charge in [0.15, 0.2) is 0 Å². The minimum Gasteiger partial charge on any atom is -0.375 e. The summed E-state index contributed by atoms with van der Waals surface area (Å²) in [5.41, 5.74) is -0.00106. The van der Waals surface area contributed by atoms with Crippen LogP contribution < -0.4 is 0 Å². The van der Waals surface area contributed by atoms with E-state index < -0.39 is 0 Å². The molecule has 2 heterocycles. The van der Waals surface area contributed by atoms with E-state index in [1.54, 1.807) is 0 Å². The Balaban J connectivity index is 0.000000606. The van der Waals surface area contributed by atoms with E-state index in [0.29, 0.717) is 18.2 Å². The molecular weight excluding hydrogens is 202 g/mol. The van der Waals surface area contributed by atoms with E-state index in [9.17, 15) is 0 Å². The van der Waals surface area contributed by atoms with Gasteiger partial charge in [-0.1, -0.05) is 13.8 Å². The first kappa shape index (κ1) is 13.9. The van der Waals surface area contributed by atoms with Crippen LogP contribution in [0.2, 0.25) is 0 Å². The highest BCUT2D eigenvalue weighted by atomic mass is 16.5. The summed E-state index contributed by atoms with van der Waals surface area (Å²) >= 11 is 0. The average molecular weight is 229 g/mol. The maximum absolute atomic E-state index is 5.90. The molecule has 0 aliphatic carbocycles. The first-order valence-corrected chi connectivity index (χ1v) is 6.51. The number of fused-ring (bicyclic) bond motifs is 1. The SMILES string of the molecule is CC.CC1CC2N(C)COC2(C)CC(C)O1. The van der Waals surface area contributed by atoms with Gasteiger partial charge in [-0.2, -0.15) is 0 Å². The Bertz CT molecular complexity index is 222. The third-order valence-corrected chi connectivity index (χ3v) is 3.55. The summed E-state index contributed by atoms with van der Waals surface area (Å²) in [4.78, 5) is 2.30. The molecule has 2 rings (SSSR count). The van der Waals surface area contributed by atoms with Gasteiger partial charge in [0.1, 0.15) is 0 Å². The number of likely N-dealkylation sites (N-methyl/N-ethyl adjacent to an activating group) is 1. The highest BCUT2D eigenvalue weighted by Crippen LogP contribution is 2.37. The number of ether oxygens (including phenoxy) is 2. The van der Waals surface area contributed by atoms with Crippen molar-refractivity contribution in [2.24, 2.45) is 0 Å². The average Bonchev–Trinajstić information content (AvgIpc) is 2.44. The molecule has 96 valence electrons. The highest BCUT2D eigenvalue weighted by Gasteiger charge is 2.47. The van der Waals surface area contributed by atoms with Gasteiger partial charge in [0.2, 0.25) is 0 Å². The fourth-order valence-corrected chi connectivity index (χ4v) is 2.91. The summed E-state index contributed by atoms with van der Waals surface area (Å²) in [6.45, 7) is 11.3. The lowest BCUT2D eigenvalue weighted by molar-refractivity contribution is -0.0374. The first-order valence-electron chi connectivity index (χ1n) is 6.51. The molecule has 3 nitrogen and oxygen atoms in total. The summed E-state index contributed by atoms with van der Waals surface area (Å²) in [5, 5.41) is 0. The smallest absolute Gasteiger partial charge is 0.0999 e. The molecule has 3 heteroatoms. The van der Waals surface area contributed by atoms with E-state index in [0.717, 1.165) is 19.6 Å². The topological polar surface area (TPSA) is 21.7 Å². The maximum atomic E-state index is 5.90. The molecule has 0 bridgehead atoms. The van der Waals surface area contributed by atoms with E-state index in [-0.39, 0.29) is 5.60 Å². The van der Waals surface area contributed by atoms with Crippen LogP contribution in [-0.2, 0) is 9.47 Å². The van der Waals surface area contributed by atoms with Gasteiger partial charge >= 0.3 is 0 Å². The van der Waals surface area contributed by atoms with Gasteiger partial charge in [-0.25, -0.2) is 0 Å². The summed E-state index contributed by atoms with van der Waals surface area (Å²) in [5.74, 6) is 0. The van der Waals surface area contributed by atoms with Crippen LogP contribution in [0.1, 0.15) is 47.5 Å². The van der Waals surface area contributed by atoms with Gasteiger partial charge in [0.05, 0.1) is 24.5 Å². The van der Waals surface area contributed by atoms with Crippen LogP contribution in [0, 0.1) is 0 Å². The van der Waals surface area contributed by atoms with Crippen molar-refractivity contribution in [3.8, 4) is 0 Å². The number of rotatable bonds is 0. The van der Waals surface area contributed by atoms with Crippen LogP contribution in [0.3, 0.4) is 0 Å². The predicted molar refractivity (Wildman–Crippen MR) is 66.5 cm³/mol. The van der Waals surface area contributed by atoms with Gasteiger partial charge in [-0.3, -0.25) is 4.90 Å². The van der Waals surface area contributed by atoms with Crippen molar-refractivity contribution in [1.82, 2.24) is 4.90 Å². The molecule has 0 aromatic rings. The standard InChI is InChI=1S/C11H21NO2.C2H6/c1-8-5-10-11(3,6-9(2)14-8)13-7-12(10)4;1-2/h8-10H,5-7H2,1-4H3;1-2H3. The zero-order valence-electron chi connectivity index (χ0n) is 11.6. The quantitative estimate of drug-likeness (QED) is 0.637. The van der Waals surface area contributed by atoms with Crippen molar-refractivity contribution in [3.63, 3.8) is 0 Å². The molecule has 0 radical (unpaired) electrons. The van der Waals surface area contributed by atoms with Crippen molar-refractivity contribution in [1.29, 1.82) is 0 Å². The van der Waals surface area contributed by atoms with Gasteiger partial charge in [0.25, 0.3) is 0 Å². The van der Waals surface area contributed by atoms with Gasteiger partial charge < -0.3 is 9.47 Å².